The first-order valence-corrected chi connectivity index (χ1v) is 5.50. The molecular formula is C12H15N3O. The van der Waals surface area contributed by atoms with Crippen molar-refractivity contribution in [3.63, 3.8) is 0 Å². The van der Waals surface area contributed by atoms with Crippen LogP contribution in [0, 0.1) is 17.2 Å². The number of hydrogen-bond donors (Lipinski definition) is 1. The third-order valence-corrected chi connectivity index (χ3v) is 2.94. The molecule has 84 valence electrons. The zero-order chi connectivity index (χ0) is 11.4. The first-order valence-electron chi connectivity index (χ1n) is 5.50. The summed E-state index contributed by atoms with van der Waals surface area (Å²) in [6.07, 6.45) is 2.69. The van der Waals surface area contributed by atoms with Crippen LogP contribution in [-0.4, -0.2) is 24.2 Å². The summed E-state index contributed by atoms with van der Waals surface area (Å²) in [5.74, 6) is 1.37. The van der Waals surface area contributed by atoms with Crippen LogP contribution in [0.25, 0.3) is 0 Å². The molecule has 1 saturated heterocycles. The molecule has 2 atom stereocenters. The first kappa shape index (κ1) is 10.9. The van der Waals surface area contributed by atoms with E-state index in [1.165, 1.54) is 0 Å². The van der Waals surface area contributed by atoms with Crippen molar-refractivity contribution in [2.75, 3.05) is 18.5 Å². The topological polar surface area (TPSA) is 57.9 Å². The summed E-state index contributed by atoms with van der Waals surface area (Å²) in [6.45, 7) is 3.82. The van der Waals surface area contributed by atoms with Crippen molar-refractivity contribution in [3.8, 4) is 6.07 Å². The summed E-state index contributed by atoms with van der Waals surface area (Å²) in [6, 6.07) is 6.01. The lowest BCUT2D eigenvalue weighted by Gasteiger charge is -2.19. The molecule has 16 heavy (non-hydrogen) atoms. The van der Waals surface area contributed by atoms with Crippen molar-refractivity contribution in [2.45, 2.75) is 19.4 Å². The number of ether oxygens (including phenoxy) is 1. The highest BCUT2D eigenvalue weighted by Crippen LogP contribution is 2.19. The summed E-state index contributed by atoms with van der Waals surface area (Å²) < 4.78 is 5.35. The van der Waals surface area contributed by atoms with Crippen molar-refractivity contribution in [2.24, 2.45) is 5.92 Å². The fourth-order valence-corrected chi connectivity index (χ4v) is 1.84. The van der Waals surface area contributed by atoms with Gasteiger partial charge in [-0.05, 0) is 25.5 Å². The maximum atomic E-state index is 8.66. The van der Waals surface area contributed by atoms with E-state index in [4.69, 9.17) is 10.00 Å². The van der Waals surface area contributed by atoms with Crippen molar-refractivity contribution >= 4 is 5.82 Å². The van der Waals surface area contributed by atoms with Gasteiger partial charge < -0.3 is 10.1 Å². The number of aromatic nitrogens is 1. The number of nitrogens with one attached hydrogen (secondary N) is 1. The molecule has 1 aromatic heterocycles. The maximum Gasteiger partial charge on any atom is 0.126 e. The van der Waals surface area contributed by atoms with Crippen LogP contribution in [0.15, 0.2) is 18.3 Å². The molecule has 0 saturated carbocycles. The van der Waals surface area contributed by atoms with Gasteiger partial charge in [-0.25, -0.2) is 4.98 Å². The van der Waals surface area contributed by atoms with Gasteiger partial charge in [0.25, 0.3) is 0 Å². The Hall–Kier alpha value is -1.60. The number of nitriles is 1. The number of rotatable bonds is 3. The molecule has 0 aliphatic carbocycles. The molecule has 0 aromatic carbocycles. The molecule has 2 heterocycles. The van der Waals surface area contributed by atoms with Gasteiger partial charge in [-0.1, -0.05) is 0 Å². The summed E-state index contributed by atoms with van der Waals surface area (Å²) in [5, 5.41) is 12.0. The molecule has 0 amide bonds. The lowest BCUT2D eigenvalue weighted by molar-refractivity contribution is 0.183. The number of anilines is 1. The van der Waals surface area contributed by atoms with E-state index in [0.717, 1.165) is 25.5 Å². The lowest BCUT2D eigenvalue weighted by Crippen LogP contribution is -2.26. The van der Waals surface area contributed by atoms with Crippen molar-refractivity contribution in [1.82, 2.24) is 4.98 Å². The van der Waals surface area contributed by atoms with E-state index in [0.29, 0.717) is 17.5 Å². The molecule has 1 aromatic rings. The molecule has 4 heteroatoms. The van der Waals surface area contributed by atoms with E-state index in [1.807, 2.05) is 6.07 Å². The minimum Gasteiger partial charge on any atom is -0.381 e. The van der Waals surface area contributed by atoms with Gasteiger partial charge in [-0.15, -0.1) is 0 Å². The van der Waals surface area contributed by atoms with Crippen LogP contribution >= 0.6 is 0 Å². The van der Waals surface area contributed by atoms with Gasteiger partial charge in [-0.3, -0.25) is 0 Å². The van der Waals surface area contributed by atoms with Crippen LogP contribution < -0.4 is 5.32 Å². The van der Waals surface area contributed by atoms with E-state index in [1.54, 1.807) is 12.3 Å². The second kappa shape index (κ2) is 4.95. The van der Waals surface area contributed by atoms with Gasteiger partial charge in [-0.2, -0.15) is 5.26 Å². The Morgan fingerprint density at radius 2 is 2.50 bits per heavy atom. The van der Waals surface area contributed by atoms with Crippen LogP contribution in [0.3, 0.4) is 0 Å². The summed E-state index contributed by atoms with van der Waals surface area (Å²) in [7, 11) is 0. The van der Waals surface area contributed by atoms with Crippen molar-refractivity contribution in [1.29, 1.82) is 5.26 Å². The largest absolute Gasteiger partial charge is 0.381 e. The minimum absolute atomic E-state index is 0.350. The quantitative estimate of drug-likeness (QED) is 0.838. The molecule has 1 fully saturated rings. The molecule has 1 aliphatic rings. The third-order valence-electron chi connectivity index (χ3n) is 2.94. The molecule has 0 bridgehead atoms. The maximum absolute atomic E-state index is 8.66. The molecule has 1 N–H and O–H groups in total. The third kappa shape index (κ3) is 2.50. The fraction of sp³-hybridized carbons (Fsp3) is 0.500. The van der Waals surface area contributed by atoms with Gasteiger partial charge in [0.1, 0.15) is 11.9 Å². The van der Waals surface area contributed by atoms with Crippen LogP contribution in [0.5, 0.6) is 0 Å². The smallest absolute Gasteiger partial charge is 0.126 e. The monoisotopic (exact) mass is 217 g/mol. The Labute approximate surface area is 95.3 Å². The van der Waals surface area contributed by atoms with Gasteiger partial charge in [0.2, 0.25) is 0 Å². The molecule has 2 unspecified atom stereocenters. The van der Waals surface area contributed by atoms with E-state index in [9.17, 15) is 0 Å². The Bertz CT molecular complexity index is 376. The standard InChI is InChI=1S/C12H15N3O/c1-9(11-4-5-16-8-11)15-12-3-2-10(6-13)7-14-12/h2-3,7,9,11H,4-5,8H2,1H3,(H,14,15). The SMILES string of the molecule is CC(Nc1ccc(C#N)cn1)C1CCOC1. The summed E-state index contributed by atoms with van der Waals surface area (Å²) in [5.41, 5.74) is 0.586. The highest BCUT2D eigenvalue weighted by Gasteiger charge is 2.22. The molecule has 0 spiro atoms. The molecule has 1 aliphatic heterocycles. The highest BCUT2D eigenvalue weighted by molar-refractivity contribution is 5.39. The van der Waals surface area contributed by atoms with E-state index >= 15 is 0 Å². The number of pyridine rings is 1. The minimum atomic E-state index is 0.350. The average molecular weight is 217 g/mol. The van der Waals surface area contributed by atoms with Gasteiger partial charge in [0, 0.05) is 24.8 Å². The predicted octanol–water partition coefficient (Wildman–Crippen LogP) is 1.79. The lowest BCUT2D eigenvalue weighted by atomic mass is 10.0. The second-order valence-electron chi connectivity index (χ2n) is 4.10. The summed E-state index contributed by atoms with van der Waals surface area (Å²) >= 11 is 0. The number of hydrogen-bond acceptors (Lipinski definition) is 4. The van der Waals surface area contributed by atoms with Gasteiger partial charge in [0.05, 0.1) is 12.2 Å². The van der Waals surface area contributed by atoms with E-state index < -0.39 is 0 Å². The van der Waals surface area contributed by atoms with Crippen LogP contribution in [-0.2, 0) is 4.74 Å². The van der Waals surface area contributed by atoms with E-state index in [-0.39, 0.29) is 0 Å². The van der Waals surface area contributed by atoms with Crippen LogP contribution in [0.1, 0.15) is 18.9 Å². The Morgan fingerprint density at radius 3 is 3.06 bits per heavy atom. The van der Waals surface area contributed by atoms with Crippen LogP contribution in [0.4, 0.5) is 5.82 Å². The van der Waals surface area contributed by atoms with Crippen molar-refractivity contribution < 1.29 is 4.74 Å². The second-order valence-corrected chi connectivity index (χ2v) is 4.10. The average Bonchev–Trinajstić information content (AvgIpc) is 2.83. The Morgan fingerprint density at radius 1 is 1.62 bits per heavy atom. The van der Waals surface area contributed by atoms with Crippen LogP contribution in [0.2, 0.25) is 0 Å². The Kier molecular flexibility index (Phi) is 3.37. The predicted molar refractivity (Wildman–Crippen MR) is 61.0 cm³/mol. The molecule has 2 rings (SSSR count). The molecule has 4 nitrogen and oxygen atoms in total. The highest BCUT2D eigenvalue weighted by atomic mass is 16.5. The number of nitrogens with zero attached hydrogens (tertiary/aromatic N) is 2. The Balaban J connectivity index is 1.95. The zero-order valence-electron chi connectivity index (χ0n) is 9.31. The van der Waals surface area contributed by atoms with Crippen molar-refractivity contribution in [3.05, 3.63) is 23.9 Å². The fourth-order valence-electron chi connectivity index (χ4n) is 1.84. The molecular weight excluding hydrogens is 202 g/mol. The van der Waals surface area contributed by atoms with Gasteiger partial charge in [0.15, 0.2) is 0 Å². The molecule has 0 radical (unpaired) electrons. The summed E-state index contributed by atoms with van der Waals surface area (Å²) in [4.78, 5) is 4.19. The zero-order valence-corrected chi connectivity index (χ0v) is 9.31. The van der Waals surface area contributed by atoms with Gasteiger partial charge >= 0.3 is 0 Å². The first-order chi connectivity index (χ1) is 7.79. The van der Waals surface area contributed by atoms with E-state index in [2.05, 4.69) is 23.3 Å². The normalized spacial score (nSPS) is 21.4.